The molecule has 0 spiro atoms. The number of carboxylic acids is 1. The maximum atomic E-state index is 14.7. The lowest BCUT2D eigenvalue weighted by Gasteiger charge is -2.44. The van der Waals surface area contributed by atoms with Gasteiger partial charge in [0.2, 0.25) is 5.91 Å². The average Bonchev–Trinajstić information content (AvgIpc) is 3.19. The number of hydrogen-bond donors (Lipinski definition) is 1. The molecule has 50 heavy (non-hydrogen) atoms. The number of nitrogens with zero attached hydrogens (tertiary/aromatic N) is 3. The molecule has 3 aromatic carbocycles. The van der Waals surface area contributed by atoms with Crippen LogP contribution in [0, 0.1) is 12.3 Å². The summed E-state index contributed by atoms with van der Waals surface area (Å²) in [6.45, 7) is 9.28. The first kappa shape index (κ1) is 36.7. The number of ether oxygens (including phenoxy) is 4. The predicted molar refractivity (Wildman–Crippen MR) is 190 cm³/mol. The monoisotopic (exact) mass is 687 g/mol. The molecule has 0 fully saturated rings. The molecular formula is C39H49N3O8. The Labute approximate surface area is 294 Å². The molecule has 5 rings (SSSR count). The fourth-order valence-corrected chi connectivity index (χ4v) is 6.93. The third-order valence-electron chi connectivity index (χ3n) is 9.59. The van der Waals surface area contributed by atoms with Gasteiger partial charge in [0.15, 0.2) is 11.5 Å². The van der Waals surface area contributed by atoms with Gasteiger partial charge < -0.3 is 29.0 Å². The highest BCUT2D eigenvalue weighted by Crippen LogP contribution is 2.51. The molecule has 2 heterocycles. The van der Waals surface area contributed by atoms with E-state index >= 15 is 0 Å². The summed E-state index contributed by atoms with van der Waals surface area (Å²) >= 11 is 0. The maximum Gasteiger partial charge on any atom is 0.325 e. The molecule has 11 heteroatoms. The van der Waals surface area contributed by atoms with Crippen molar-refractivity contribution in [3.63, 3.8) is 0 Å². The second-order valence-electron chi connectivity index (χ2n) is 14.2. The van der Waals surface area contributed by atoms with E-state index < -0.39 is 24.2 Å². The van der Waals surface area contributed by atoms with Crippen LogP contribution >= 0.6 is 0 Å². The Bertz CT molecular complexity index is 1710. The number of amides is 2. The summed E-state index contributed by atoms with van der Waals surface area (Å²) in [5, 5.41) is 9.92. The quantitative estimate of drug-likeness (QED) is 0.258. The molecule has 11 nitrogen and oxygen atoms in total. The predicted octanol–water partition coefficient (Wildman–Crippen LogP) is 5.64. The van der Waals surface area contributed by atoms with E-state index in [-0.39, 0.29) is 29.7 Å². The lowest BCUT2D eigenvalue weighted by Crippen LogP contribution is -2.56. The molecule has 3 aromatic rings. The third-order valence-corrected chi connectivity index (χ3v) is 9.59. The van der Waals surface area contributed by atoms with E-state index in [1.54, 1.807) is 61.2 Å². The molecule has 0 aliphatic carbocycles. The smallest absolute Gasteiger partial charge is 0.325 e. The molecule has 1 N–H and O–H groups in total. The summed E-state index contributed by atoms with van der Waals surface area (Å²) in [6.07, 6.45) is -1.56. The van der Waals surface area contributed by atoms with Gasteiger partial charge in [-0.1, -0.05) is 69.3 Å². The topological polar surface area (TPSA) is 118 Å². The summed E-state index contributed by atoms with van der Waals surface area (Å²) < 4.78 is 24.6. The van der Waals surface area contributed by atoms with Crippen molar-refractivity contribution in [3.8, 4) is 17.2 Å². The van der Waals surface area contributed by atoms with Crippen molar-refractivity contribution in [1.82, 2.24) is 9.80 Å². The number of likely N-dealkylation sites (N-methyl/N-ethyl adjacent to an activating group) is 1. The number of rotatable bonds is 12. The number of methoxy groups -OCH3 is 2. The molecule has 2 aliphatic rings. The van der Waals surface area contributed by atoms with Gasteiger partial charge >= 0.3 is 5.97 Å². The lowest BCUT2D eigenvalue weighted by atomic mass is 9.84. The van der Waals surface area contributed by atoms with Gasteiger partial charge in [-0.15, -0.1) is 0 Å². The number of aliphatic carboxylic acids is 1. The van der Waals surface area contributed by atoms with Crippen LogP contribution in [0.5, 0.6) is 17.2 Å². The van der Waals surface area contributed by atoms with Gasteiger partial charge in [-0.2, -0.15) is 0 Å². The van der Waals surface area contributed by atoms with Gasteiger partial charge in [0.1, 0.15) is 30.6 Å². The SMILES string of the molecule is COc1cccc([C@H]2O[C@H](CC(=O)N(C)CCCN(C)C(C(=O)O)c3ccccc3)C(=O)N3c4c(cc(C)cc42)OC[C@H]3C(C)(C)C)c1OC. The van der Waals surface area contributed by atoms with E-state index in [0.29, 0.717) is 60.2 Å². The first-order valence-electron chi connectivity index (χ1n) is 17.0. The van der Waals surface area contributed by atoms with Crippen LogP contribution in [-0.4, -0.2) is 92.8 Å². The highest BCUT2D eigenvalue weighted by atomic mass is 16.5. The van der Waals surface area contributed by atoms with E-state index in [1.807, 2.05) is 49.4 Å². The van der Waals surface area contributed by atoms with Crippen molar-refractivity contribution < 1.29 is 38.4 Å². The van der Waals surface area contributed by atoms with Crippen LogP contribution in [0.25, 0.3) is 0 Å². The molecule has 1 unspecified atom stereocenters. The van der Waals surface area contributed by atoms with E-state index in [1.165, 1.54) is 0 Å². The number of hydrogen-bond acceptors (Lipinski definition) is 8. The Morgan fingerprint density at radius 2 is 1.72 bits per heavy atom. The highest BCUT2D eigenvalue weighted by molar-refractivity contribution is 6.02. The number of carbonyl (C=O) groups is 3. The van der Waals surface area contributed by atoms with Crippen molar-refractivity contribution >= 4 is 23.5 Å². The van der Waals surface area contributed by atoms with Gasteiger partial charge in [-0.05, 0) is 49.1 Å². The van der Waals surface area contributed by atoms with E-state index in [2.05, 4.69) is 20.8 Å². The van der Waals surface area contributed by atoms with E-state index in [9.17, 15) is 19.5 Å². The molecule has 2 amide bonds. The van der Waals surface area contributed by atoms with Crippen LogP contribution < -0.4 is 19.1 Å². The van der Waals surface area contributed by atoms with Crippen molar-refractivity contribution in [2.75, 3.05) is 52.9 Å². The van der Waals surface area contributed by atoms with Gasteiger partial charge in [-0.25, -0.2) is 0 Å². The van der Waals surface area contributed by atoms with E-state index in [4.69, 9.17) is 18.9 Å². The Morgan fingerprint density at radius 3 is 2.36 bits per heavy atom. The Kier molecular flexibility index (Phi) is 11.1. The minimum absolute atomic E-state index is 0.188. The standard InChI is InChI=1S/C39H49N3O8/c1-24-20-27-34-29(21-24)49-23-31(39(2,3)4)42(34)37(44)30(50-35(27)26-16-12-17-28(47-7)36(26)48-8)22-32(43)40(5)18-13-19-41(6)33(38(45)46)25-14-10-9-11-15-25/h9-12,14-17,20-21,30-31,33,35H,13,18-19,22-23H2,1-8H3,(H,45,46)/t30-,31+,33?,35-/m1/s1. The van der Waals surface area contributed by atoms with Crippen LogP contribution in [0.15, 0.2) is 60.7 Å². The zero-order chi connectivity index (χ0) is 36.3. The number of aryl methyl sites for hydroxylation is 1. The Balaban J connectivity index is 1.44. The van der Waals surface area contributed by atoms with Gasteiger partial charge in [0.25, 0.3) is 5.91 Å². The van der Waals surface area contributed by atoms with Crippen LogP contribution in [0.1, 0.15) is 68.0 Å². The maximum absolute atomic E-state index is 14.7. The van der Waals surface area contributed by atoms with Crippen molar-refractivity contribution in [2.24, 2.45) is 5.41 Å². The minimum atomic E-state index is -1.12. The largest absolute Gasteiger partial charge is 0.493 e. The zero-order valence-electron chi connectivity index (χ0n) is 30.3. The second kappa shape index (κ2) is 15.1. The van der Waals surface area contributed by atoms with Crippen LogP contribution in [0.3, 0.4) is 0 Å². The van der Waals surface area contributed by atoms with Crippen molar-refractivity contribution in [2.45, 2.75) is 64.8 Å². The van der Waals surface area contributed by atoms with Gasteiger partial charge in [-0.3, -0.25) is 24.2 Å². The first-order valence-corrected chi connectivity index (χ1v) is 17.0. The molecular weight excluding hydrogens is 638 g/mol. The van der Waals surface area contributed by atoms with Gasteiger partial charge in [0.05, 0.1) is 32.4 Å². The molecule has 0 saturated carbocycles. The highest BCUT2D eigenvalue weighted by Gasteiger charge is 2.48. The molecule has 268 valence electrons. The molecule has 0 radical (unpaired) electrons. The Morgan fingerprint density at radius 1 is 1.00 bits per heavy atom. The number of para-hydroxylation sites is 1. The van der Waals surface area contributed by atoms with E-state index in [0.717, 1.165) is 11.1 Å². The fourth-order valence-electron chi connectivity index (χ4n) is 6.93. The van der Waals surface area contributed by atoms with Crippen LogP contribution in [0.2, 0.25) is 0 Å². The first-order chi connectivity index (χ1) is 23.8. The molecule has 2 aliphatic heterocycles. The van der Waals surface area contributed by atoms with Gasteiger partial charge in [0, 0.05) is 31.3 Å². The molecule has 0 saturated heterocycles. The summed E-state index contributed by atoms with van der Waals surface area (Å²) in [6, 6.07) is 17.4. The molecule has 0 bridgehead atoms. The van der Waals surface area contributed by atoms with Crippen molar-refractivity contribution in [1.29, 1.82) is 0 Å². The fraction of sp³-hybridized carbons (Fsp3) is 0.462. The van der Waals surface area contributed by atoms with Crippen LogP contribution in [0.4, 0.5) is 5.69 Å². The normalized spacial score (nSPS) is 19.3. The average molecular weight is 688 g/mol. The lowest BCUT2D eigenvalue weighted by molar-refractivity contribution is -0.143. The zero-order valence-corrected chi connectivity index (χ0v) is 30.3. The number of carbonyl (C=O) groups excluding carboxylic acids is 2. The number of carboxylic acid groups (broad SMARTS) is 1. The summed E-state index contributed by atoms with van der Waals surface area (Å²) in [7, 11) is 6.59. The summed E-state index contributed by atoms with van der Waals surface area (Å²) in [5.41, 5.74) is 3.31. The van der Waals surface area contributed by atoms with Crippen molar-refractivity contribution in [3.05, 3.63) is 82.9 Å². The number of benzene rings is 3. The molecule has 4 atom stereocenters. The third kappa shape index (κ3) is 7.44. The minimum Gasteiger partial charge on any atom is -0.493 e. The molecule has 0 aromatic heterocycles. The second-order valence-corrected chi connectivity index (χ2v) is 14.2. The summed E-state index contributed by atoms with van der Waals surface area (Å²) in [5.74, 6) is 0.0710. The van der Waals surface area contributed by atoms with Crippen LogP contribution in [-0.2, 0) is 19.1 Å². The summed E-state index contributed by atoms with van der Waals surface area (Å²) in [4.78, 5) is 45.8. The Hall–Kier alpha value is -4.61. The number of anilines is 1.